The van der Waals surface area contributed by atoms with Crippen LogP contribution in [-0.2, 0) is 33.6 Å². The lowest BCUT2D eigenvalue weighted by Gasteiger charge is -2.08. The smallest absolute Gasteiger partial charge is 0.282 e. The summed E-state index contributed by atoms with van der Waals surface area (Å²) >= 11 is 0. The predicted molar refractivity (Wildman–Crippen MR) is 89.3 cm³/mol. The molecule has 130 valence electrons. The predicted octanol–water partition coefficient (Wildman–Crippen LogP) is 2.33. The first kappa shape index (κ1) is 20.0. The van der Waals surface area contributed by atoms with Crippen LogP contribution in [0.2, 0.25) is 0 Å². The van der Waals surface area contributed by atoms with Crippen molar-refractivity contribution in [3.8, 4) is 0 Å². The summed E-state index contributed by atoms with van der Waals surface area (Å²) in [6.45, 7) is 3.83. The zero-order valence-corrected chi connectivity index (χ0v) is 14.9. The van der Waals surface area contributed by atoms with Gasteiger partial charge >= 0.3 is 10.6 Å². The van der Waals surface area contributed by atoms with E-state index in [-0.39, 0.29) is 4.90 Å². The summed E-state index contributed by atoms with van der Waals surface area (Å²) in [5.41, 5.74) is 3.82. The lowest BCUT2D eigenvalue weighted by atomic mass is 10.0. The third-order valence-electron chi connectivity index (χ3n) is 3.30. The number of benzene rings is 2. The van der Waals surface area contributed by atoms with E-state index in [1.54, 1.807) is 13.0 Å². The van der Waals surface area contributed by atoms with Crippen molar-refractivity contribution in [3.63, 3.8) is 0 Å². The Morgan fingerprint density at radius 3 is 1.88 bits per heavy atom. The molecule has 0 radical (unpaired) electrons. The van der Waals surface area contributed by atoms with Crippen molar-refractivity contribution in [1.82, 2.24) is 0 Å². The lowest BCUT2D eigenvalue weighted by Crippen LogP contribution is -2.05. The van der Waals surface area contributed by atoms with E-state index in [9.17, 15) is 13.0 Å². The molecule has 0 bridgehead atoms. The van der Waals surface area contributed by atoms with Crippen molar-refractivity contribution in [1.29, 1.82) is 0 Å². The molecule has 0 atom stereocenters. The molecule has 0 aromatic heterocycles. The summed E-state index contributed by atoms with van der Waals surface area (Å²) in [6, 6.07) is 13.3. The molecule has 2 aromatic rings. The highest BCUT2D eigenvalue weighted by atomic mass is 32.2. The molecule has 24 heavy (non-hydrogen) atoms. The fourth-order valence-corrected chi connectivity index (χ4v) is 2.98. The molecule has 0 heterocycles. The van der Waals surface area contributed by atoms with Gasteiger partial charge in [0.05, 0.1) is 4.90 Å². The first-order valence-corrected chi connectivity index (χ1v) is 9.43. The molecule has 0 aliphatic rings. The third-order valence-corrected chi connectivity index (χ3v) is 4.24. The van der Waals surface area contributed by atoms with Crippen LogP contribution in [0.3, 0.4) is 0 Å². The molecule has 0 unspecified atom stereocenters. The van der Waals surface area contributed by atoms with Crippen molar-refractivity contribution in [2.24, 2.45) is 0 Å². The van der Waals surface area contributed by atoms with Gasteiger partial charge in [-0.1, -0.05) is 42.0 Å². The molecule has 6 nitrogen and oxygen atoms in total. The van der Waals surface area contributed by atoms with Crippen LogP contribution in [0.1, 0.15) is 22.3 Å². The fourth-order valence-electron chi connectivity index (χ4n) is 2.14. The quantitative estimate of drug-likeness (QED) is 0.828. The van der Waals surface area contributed by atoms with E-state index in [2.05, 4.69) is 0 Å². The van der Waals surface area contributed by atoms with Gasteiger partial charge in [-0.25, -0.2) is 0 Å². The average Bonchev–Trinajstić information content (AvgIpc) is 2.46. The van der Waals surface area contributed by atoms with Gasteiger partial charge in [0.15, 0.2) is 0 Å². The largest absolute Gasteiger partial charge is 0.425 e. The molecular weight excluding hydrogens is 352 g/mol. The number of hydrogen-bond acceptors (Lipinski definition) is 5. The Morgan fingerprint density at radius 1 is 0.875 bits per heavy atom. The van der Waals surface area contributed by atoms with Gasteiger partial charge in [0.2, 0.25) is 0 Å². The van der Waals surface area contributed by atoms with Crippen molar-refractivity contribution >= 4 is 20.7 Å². The molecule has 0 saturated heterocycles. The summed E-state index contributed by atoms with van der Waals surface area (Å²) < 4.78 is 57.5. The number of hydrogen-bond donors (Lipinski definition) is 1. The van der Waals surface area contributed by atoms with E-state index >= 15 is 0 Å². The summed E-state index contributed by atoms with van der Waals surface area (Å²) in [5.74, 6) is 0. The zero-order valence-electron chi connectivity index (χ0n) is 13.3. The Bertz CT molecular complexity index is 892. The maximum atomic E-state index is 11.4. The lowest BCUT2D eigenvalue weighted by molar-refractivity contribution is 0.482. The first-order chi connectivity index (χ1) is 11.1. The van der Waals surface area contributed by atoms with Crippen LogP contribution in [0.4, 0.5) is 0 Å². The summed E-state index contributed by atoms with van der Waals surface area (Å²) in [6.07, 6.45) is 1.32. The average molecular weight is 370 g/mol. The fraction of sp³-hybridized carbons (Fsp3) is 0.250. The van der Waals surface area contributed by atoms with Crippen molar-refractivity contribution in [2.45, 2.75) is 31.6 Å². The minimum absolute atomic E-state index is 0.0182. The highest BCUT2D eigenvalue weighted by Gasteiger charge is 2.15. The van der Waals surface area contributed by atoms with Crippen LogP contribution >= 0.6 is 0 Å². The van der Waals surface area contributed by atoms with Crippen LogP contribution in [-0.4, -0.2) is 25.6 Å². The van der Waals surface area contributed by atoms with Gasteiger partial charge < -0.3 is 0 Å². The molecule has 0 aliphatic heterocycles. The Balaban J connectivity index is 0.000000648. The van der Waals surface area contributed by atoms with E-state index < -0.39 is 20.7 Å². The Labute approximate surface area is 143 Å². The van der Waals surface area contributed by atoms with Crippen LogP contribution < -0.4 is 0 Å². The maximum absolute atomic E-state index is 11.4. The number of aryl methyl sites for hydroxylation is 4. The van der Waals surface area contributed by atoms with E-state index in [0.29, 0.717) is 12.0 Å². The van der Waals surface area contributed by atoms with Crippen molar-refractivity contribution in [2.75, 3.05) is 0 Å². The summed E-state index contributed by atoms with van der Waals surface area (Å²) in [5, 5.41) is 0. The molecule has 0 aliphatic carbocycles. The second-order valence-corrected chi connectivity index (χ2v) is 7.07. The van der Waals surface area contributed by atoms with E-state index in [0.717, 1.165) is 17.5 Å². The molecule has 1 N–H and O–H groups in total. The zero-order chi connectivity index (χ0) is 18.3. The summed E-state index contributed by atoms with van der Waals surface area (Å²) in [4.78, 5) is 0.0182. The minimum Gasteiger partial charge on any atom is -0.282 e. The summed E-state index contributed by atoms with van der Waals surface area (Å²) in [7, 11) is -7.28. The minimum atomic E-state index is -4.17. The van der Waals surface area contributed by atoms with Gasteiger partial charge in [0, 0.05) is 0 Å². The Morgan fingerprint density at radius 2 is 1.38 bits per heavy atom. The van der Waals surface area contributed by atoms with Gasteiger partial charge in [-0.2, -0.15) is 8.42 Å². The molecule has 0 amide bonds. The normalized spacial score (nSPS) is 10.6. The topological polar surface area (TPSA) is 106 Å². The van der Waals surface area contributed by atoms with Crippen LogP contribution in [0, 0.1) is 13.8 Å². The maximum Gasteiger partial charge on any atom is 0.425 e. The second-order valence-electron chi connectivity index (χ2n) is 5.28. The van der Waals surface area contributed by atoms with E-state index in [4.69, 9.17) is 12.6 Å². The van der Waals surface area contributed by atoms with Crippen LogP contribution in [0.5, 0.6) is 0 Å². The first-order valence-electron chi connectivity index (χ1n) is 6.99. The Kier molecular flexibility index (Phi) is 7.27. The van der Waals surface area contributed by atoms with E-state index in [1.807, 2.05) is 37.3 Å². The van der Waals surface area contributed by atoms with E-state index in [1.165, 1.54) is 11.6 Å². The molecule has 2 rings (SSSR count). The Hall–Kier alpha value is -2.03. The molecule has 0 spiro atoms. The van der Waals surface area contributed by atoms with Gasteiger partial charge in [-0.3, -0.25) is 4.55 Å². The van der Waals surface area contributed by atoms with Gasteiger partial charge in [0.25, 0.3) is 10.1 Å². The van der Waals surface area contributed by atoms with Crippen LogP contribution in [0.25, 0.3) is 0 Å². The molecular formula is C16H18O6S2. The highest BCUT2D eigenvalue weighted by Crippen LogP contribution is 2.19. The third kappa shape index (κ3) is 7.03. The molecule has 8 heteroatoms. The van der Waals surface area contributed by atoms with Gasteiger partial charge in [-0.15, -0.1) is 12.6 Å². The molecule has 2 aromatic carbocycles. The van der Waals surface area contributed by atoms with Crippen molar-refractivity contribution < 1.29 is 25.6 Å². The second kappa shape index (κ2) is 8.72. The number of rotatable bonds is 4. The highest BCUT2D eigenvalue weighted by molar-refractivity contribution is 7.85. The van der Waals surface area contributed by atoms with Gasteiger partial charge in [-0.05, 0) is 49.4 Å². The molecule has 0 fully saturated rings. The molecule has 0 saturated carbocycles. The van der Waals surface area contributed by atoms with Crippen molar-refractivity contribution in [3.05, 3.63) is 64.7 Å². The van der Waals surface area contributed by atoms with Gasteiger partial charge in [0.1, 0.15) is 0 Å². The monoisotopic (exact) mass is 370 g/mol. The SMILES string of the molecule is Cc1ccc(CCc2ccc(C)cc2S(=O)(=O)O)cc1.O=S(=O)=O. The standard InChI is InChI=1S/C16H18O3S.O3S/c1-12-3-6-14(7-4-12)8-10-15-9-5-13(2)11-16(15)20(17,18)19;1-4(2)3/h3-7,9,11H,8,10H2,1-2H3,(H,17,18,19);. The van der Waals surface area contributed by atoms with Crippen LogP contribution in [0.15, 0.2) is 47.4 Å².